The van der Waals surface area contributed by atoms with Crippen molar-refractivity contribution in [1.29, 1.82) is 0 Å². The van der Waals surface area contributed by atoms with Crippen molar-refractivity contribution in [3.8, 4) is 5.75 Å². The smallest absolute Gasteiger partial charge is 0.406 e. The Labute approximate surface area is 140 Å². The molecule has 0 bridgehead atoms. The molecule has 4 nitrogen and oxygen atoms in total. The van der Waals surface area contributed by atoms with Crippen molar-refractivity contribution in [2.45, 2.75) is 37.8 Å². The maximum absolute atomic E-state index is 12.3. The van der Waals surface area contributed by atoms with Gasteiger partial charge in [-0.2, -0.15) is 0 Å². The van der Waals surface area contributed by atoms with Crippen LogP contribution < -0.4 is 4.74 Å². The number of hydrogen-bond acceptors (Lipinski definition) is 4. The van der Waals surface area contributed by atoms with E-state index in [0.717, 1.165) is 24.9 Å². The Balaban J connectivity index is 1.95. The summed E-state index contributed by atoms with van der Waals surface area (Å²) < 4.78 is 40.9. The van der Waals surface area contributed by atoms with Gasteiger partial charge in [0.2, 0.25) is 0 Å². The molecule has 0 spiro atoms. The van der Waals surface area contributed by atoms with Crippen LogP contribution in [0.4, 0.5) is 13.2 Å². The monoisotopic (exact) mass is 346 g/mol. The second kappa shape index (κ2) is 7.72. The molecule has 0 aliphatic carbocycles. The fourth-order valence-electron chi connectivity index (χ4n) is 3.24. The molecule has 7 heteroatoms. The number of aliphatic hydroxyl groups is 1. The van der Waals surface area contributed by atoms with E-state index in [4.69, 9.17) is 0 Å². The molecule has 0 amide bonds. The van der Waals surface area contributed by atoms with Gasteiger partial charge in [-0.25, -0.2) is 0 Å². The average molecular weight is 346 g/mol. The van der Waals surface area contributed by atoms with Gasteiger partial charge in [0.15, 0.2) is 0 Å². The molecule has 136 valence electrons. The lowest BCUT2D eigenvalue weighted by Gasteiger charge is -2.30. The second-order valence-corrected chi connectivity index (χ2v) is 6.79. The molecule has 1 aliphatic heterocycles. The first-order valence-electron chi connectivity index (χ1n) is 8.09. The Morgan fingerprint density at radius 1 is 1.25 bits per heavy atom. The maximum atomic E-state index is 12.3. The van der Waals surface area contributed by atoms with Gasteiger partial charge >= 0.3 is 6.36 Å². The van der Waals surface area contributed by atoms with Crippen LogP contribution in [0.15, 0.2) is 24.3 Å². The van der Waals surface area contributed by atoms with Crippen molar-refractivity contribution in [2.75, 3.05) is 33.7 Å². The highest BCUT2D eigenvalue weighted by molar-refractivity contribution is 5.28. The minimum Gasteiger partial charge on any atom is -0.406 e. The summed E-state index contributed by atoms with van der Waals surface area (Å²) in [6.45, 7) is 2.71. The molecule has 1 heterocycles. The number of likely N-dealkylation sites (tertiary alicyclic amines) is 1. The summed E-state index contributed by atoms with van der Waals surface area (Å²) in [4.78, 5) is 4.15. The first kappa shape index (κ1) is 19.0. The Kier molecular flexibility index (Phi) is 6.11. The van der Waals surface area contributed by atoms with E-state index >= 15 is 0 Å². The van der Waals surface area contributed by atoms with E-state index in [1.165, 1.54) is 12.1 Å². The van der Waals surface area contributed by atoms with Gasteiger partial charge in [-0.1, -0.05) is 12.1 Å². The largest absolute Gasteiger partial charge is 0.573 e. The quantitative estimate of drug-likeness (QED) is 0.889. The lowest BCUT2D eigenvalue weighted by molar-refractivity contribution is -0.274. The molecule has 1 N–H and O–H groups in total. The van der Waals surface area contributed by atoms with Crippen molar-refractivity contribution in [2.24, 2.45) is 0 Å². The van der Waals surface area contributed by atoms with E-state index in [-0.39, 0.29) is 5.75 Å². The molecule has 1 aliphatic rings. The third-order valence-electron chi connectivity index (χ3n) is 4.16. The zero-order valence-electron chi connectivity index (χ0n) is 14.1. The van der Waals surface area contributed by atoms with Gasteiger partial charge in [-0.3, -0.25) is 4.90 Å². The Hall–Kier alpha value is -1.31. The molecule has 0 radical (unpaired) electrons. The Morgan fingerprint density at radius 2 is 2.00 bits per heavy atom. The number of likely N-dealkylation sites (N-methyl/N-ethyl adjacent to an activating group) is 1. The standard InChI is InChI=1S/C17H25F3N2O2/c1-21(2)13-16(23)7-4-9-22(10-8-16)12-14-5-3-6-15(11-14)24-17(18,19)20/h3,5-6,11,23H,4,7-10,12-13H2,1-2H3/t16-/m0/s1. The van der Waals surface area contributed by atoms with Crippen molar-refractivity contribution in [1.82, 2.24) is 9.80 Å². The fraction of sp³-hybridized carbons (Fsp3) is 0.647. The fourth-order valence-corrected chi connectivity index (χ4v) is 3.24. The van der Waals surface area contributed by atoms with Gasteiger partial charge in [0.05, 0.1) is 5.60 Å². The van der Waals surface area contributed by atoms with Crippen LogP contribution in [0.2, 0.25) is 0 Å². The summed E-state index contributed by atoms with van der Waals surface area (Å²) in [5, 5.41) is 10.7. The summed E-state index contributed by atoms with van der Waals surface area (Å²) in [6.07, 6.45) is -2.42. The van der Waals surface area contributed by atoms with Gasteiger partial charge in [0.25, 0.3) is 0 Å². The van der Waals surface area contributed by atoms with Crippen molar-refractivity contribution in [3.63, 3.8) is 0 Å². The third kappa shape index (κ3) is 6.30. The van der Waals surface area contributed by atoms with Crippen LogP contribution in [0.5, 0.6) is 5.75 Å². The average Bonchev–Trinajstić information content (AvgIpc) is 2.59. The van der Waals surface area contributed by atoms with Gasteiger partial charge < -0.3 is 14.7 Å². The zero-order valence-corrected chi connectivity index (χ0v) is 14.1. The van der Waals surface area contributed by atoms with E-state index in [1.807, 2.05) is 19.0 Å². The highest BCUT2D eigenvalue weighted by atomic mass is 19.4. The van der Waals surface area contributed by atoms with Crippen molar-refractivity contribution < 1.29 is 23.0 Å². The zero-order chi connectivity index (χ0) is 17.8. The molecular formula is C17H25F3N2O2. The van der Waals surface area contributed by atoms with Gasteiger partial charge in [-0.15, -0.1) is 13.2 Å². The van der Waals surface area contributed by atoms with E-state index in [1.54, 1.807) is 12.1 Å². The van der Waals surface area contributed by atoms with Crippen LogP contribution in [-0.4, -0.2) is 60.6 Å². The lowest BCUT2D eigenvalue weighted by atomic mass is 9.94. The number of rotatable bonds is 5. The summed E-state index contributed by atoms with van der Waals surface area (Å²) in [6, 6.07) is 6.08. The predicted molar refractivity (Wildman–Crippen MR) is 85.8 cm³/mol. The number of nitrogens with zero attached hydrogens (tertiary/aromatic N) is 2. The first-order chi connectivity index (χ1) is 11.2. The number of alkyl halides is 3. The van der Waals surface area contributed by atoms with Crippen molar-refractivity contribution in [3.05, 3.63) is 29.8 Å². The van der Waals surface area contributed by atoms with E-state index < -0.39 is 12.0 Å². The molecule has 1 atom stereocenters. The number of ether oxygens (including phenoxy) is 1. The van der Waals surface area contributed by atoms with Crippen LogP contribution in [-0.2, 0) is 6.54 Å². The minimum absolute atomic E-state index is 0.195. The molecule has 1 saturated heterocycles. The molecule has 2 rings (SSSR count). The highest BCUT2D eigenvalue weighted by Crippen LogP contribution is 2.26. The van der Waals surface area contributed by atoms with Crippen LogP contribution in [0, 0.1) is 0 Å². The Morgan fingerprint density at radius 3 is 2.67 bits per heavy atom. The molecule has 0 unspecified atom stereocenters. The van der Waals surface area contributed by atoms with E-state index in [2.05, 4.69) is 9.64 Å². The van der Waals surface area contributed by atoms with Gasteiger partial charge in [0, 0.05) is 19.6 Å². The van der Waals surface area contributed by atoms with Crippen LogP contribution in [0.1, 0.15) is 24.8 Å². The number of benzene rings is 1. The predicted octanol–water partition coefficient (Wildman–Crippen LogP) is 2.86. The summed E-state index contributed by atoms with van der Waals surface area (Å²) in [5.41, 5.74) is 0.0780. The highest BCUT2D eigenvalue weighted by Gasteiger charge is 2.32. The van der Waals surface area contributed by atoms with Crippen LogP contribution in [0.25, 0.3) is 0 Å². The topological polar surface area (TPSA) is 35.9 Å². The van der Waals surface area contributed by atoms with Gasteiger partial charge in [0.1, 0.15) is 5.75 Å². The SMILES string of the molecule is CN(C)C[C@]1(O)CCCN(Cc2cccc(OC(F)(F)F)c2)CC1. The molecule has 0 aromatic heterocycles. The molecule has 1 aromatic carbocycles. The number of hydrogen-bond donors (Lipinski definition) is 1. The van der Waals surface area contributed by atoms with E-state index in [9.17, 15) is 18.3 Å². The summed E-state index contributed by atoms with van der Waals surface area (Å²) in [5.74, 6) is -0.195. The molecule has 1 aromatic rings. The first-order valence-corrected chi connectivity index (χ1v) is 8.09. The third-order valence-corrected chi connectivity index (χ3v) is 4.16. The molecule has 1 fully saturated rings. The van der Waals surface area contributed by atoms with Gasteiger partial charge in [-0.05, 0) is 57.6 Å². The lowest BCUT2D eigenvalue weighted by Crippen LogP contribution is -2.40. The second-order valence-electron chi connectivity index (χ2n) is 6.79. The minimum atomic E-state index is -4.68. The molecule has 24 heavy (non-hydrogen) atoms. The summed E-state index contributed by atoms with van der Waals surface area (Å²) in [7, 11) is 3.87. The van der Waals surface area contributed by atoms with Crippen LogP contribution in [0.3, 0.4) is 0 Å². The Bertz CT molecular complexity index is 537. The molecular weight excluding hydrogens is 321 g/mol. The van der Waals surface area contributed by atoms with Crippen LogP contribution >= 0.6 is 0 Å². The summed E-state index contributed by atoms with van der Waals surface area (Å²) >= 11 is 0. The molecule has 0 saturated carbocycles. The normalized spacial score (nSPS) is 23.3. The number of halogens is 3. The van der Waals surface area contributed by atoms with E-state index in [0.29, 0.717) is 26.1 Å². The van der Waals surface area contributed by atoms with Crippen molar-refractivity contribution >= 4 is 0 Å². The maximum Gasteiger partial charge on any atom is 0.573 e.